The SMILES string of the molecule is CC[C@@H](CC(C)C)NCC(C)C. The highest BCUT2D eigenvalue weighted by Crippen LogP contribution is 2.07. The molecule has 0 aromatic carbocycles. The molecule has 0 saturated carbocycles. The Balaban J connectivity index is 3.53. The van der Waals surface area contributed by atoms with E-state index in [1.54, 1.807) is 0 Å². The first-order valence-electron chi connectivity index (χ1n) is 5.29. The van der Waals surface area contributed by atoms with E-state index in [-0.39, 0.29) is 0 Å². The van der Waals surface area contributed by atoms with Crippen molar-refractivity contribution in [2.24, 2.45) is 11.8 Å². The summed E-state index contributed by atoms with van der Waals surface area (Å²) in [6.07, 6.45) is 2.56. The van der Waals surface area contributed by atoms with E-state index in [2.05, 4.69) is 39.9 Å². The van der Waals surface area contributed by atoms with Gasteiger partial charge < -0.3 is 5.32 Å². The van der Waals surface area contributed by atoms with E-state index in [1.165, 1.54) is 12.8 Å². The fourth-order valence-electron chi connectivity index (χ4n) is 1.37. The van der Waals surface area contributed by atoms with Gasteiger partial charge in [0.25, 0.3) is 0 Å². The molecule has 1 heteroatoms. The molecule has 0 amide bonds. The lowest BCUT2D eigenvalue weighted by Crippen LogP contribution is -2.32. The average Bonchev–Trinajstić information content (AvgIpc) is 1.97. The van der Waals surface area contributed by atoms with Gasteiger partial charge in [-0.15, -0.1) is 0 Å². The third-order valence-electron chi connectivity index (χ3n) is 2.06. The molecular weight excluding hydrogens is 146 g/mol. The average molecular weight is 171 g/mol. The van der Waals surface area contributed by atoms with Crippen molar-refractivity contribution in [1.82, 2.24) is 5.32 Å². The minimum atomic E-state index is 0.729. The minimum Gasteiger partial charge on any atom is -0.314 e. The number of hydrogen-bond acceptors (Lipinski definition) is 1. The summed E-state index contributed by atoms with van der Waals surface area (Å²) in [6, 6.07) is 0.729. The van der Waals surface area contributed by atoms with E-state index in [0.29, 0.717) is 0 Å². The standard InChI is InChI=1S/C11H25N/c1-6-11(7-9(2)3)12-8-10(4)5/h9-12H,6-8H2,1-5H3/t11-/m0/s1. The summed E-state index contributed by atoms with van der Waals surface area (Å²) in [5, 5.41) is 3.60. The minimum absolute atomic E-state index is 0.729. The number of nitrogens with one attached hydrogen (secondary N) is 1. The lowest BCUT2D eigenvalue weighted by Gasteiger charge is -2.20. The quantitative estimate of drug-likeness (QED) is 0.647. The molecule has 0 heterocycles. The summed E-state index contributed by atoms with van der Waals surface area (Å²) < 4.78 is 0. The molecule has 0 radical (unpaired) electrons. The summed E-state index contributed by atoms with van der Waals surface area (Å²) in [5.41, 5.74) is 0. The van der Waals surface area contributed by atoms with Crippen molar-refractivity contribution in [2.75, 3.05) is 6.54 Å². The van der Waals surface area contributed by atoms with Gasteiger partial charge >= 0.3 is 0 Å². The summed E-state index contributed by atoms with van der Waals surface area (Å²) in [5.74, 6) is 1.58. The third-order valence-corrected chi connectivity index (χ3v) is 2.06. The monoisotopic (exact) mass is 171 g/mol. The second kappa shape index (κ2) is 6.47. The van der Waals surface area contributed by atoms with Crippen LogP contribution in [0.2, 0.25) is 0 Å². The lowest BCUT2D eigenvalue weighted by molar-refractivity contribution is 0.388. The molecule has 0 bridgehead atoms. The van der Waals surface area contributed by atoms with Crippen LogP contribution in [0.1, 0.15) is 47.5 Å². The predicted octanol–water partition coefficient (Wildman–Crippen LogP) is 3.06. The topological polar surface area (TPSA) is 12.0 Å². The van der Waals surface area contributed by atoms with Crippen molar-refractivity contribution in [1.29, 1.82) is 0 Å². The van der Waals surface area contributed by atoms with E-state index in [9.17, 15) is 0 Å². The molecule has 0 saturated heterocycles. The second-order valence-corrected chi connectivity index (χ2v) is 4.54. The van der Waals surface area contributed by atoms with Crippen LogP contribution in [0, 0.1) is 11.8 Å². The smallest absolute Gasteiger partial charge is 0.00669 e. The van der Waals surface area contributed by atoms with Crippen LogP contribution < -0.4 is 5.32 Å². The zero-order chi connectivity index (χ0) is 9.56. The van der Waals surface area contributed by atoms with E-state index in [4.69, 9.17) is 0 Å². The fourth-order valence-corrected chi connectivity index (χ4v) is 1.37. The Hall–Kier alpha value is -0.0400. The molecule has 1 N–H and O–H groups in total. The van der Waals surface area contributed by atoms with Crippen molar-refractivity contribution < 1.29 is 0 Å². The molecule has 0 unspecified atom stereocenters. The molecule has 0 aliphatic rings. The van der Waals surface area contributed by atoms with Crippen molar-refractivity contribution in [2.45, 2.75) is 53.5 Å². The first kappa shape index (κ1) is 12.0. The summed E-state index contributed by atoms with van der Waals surface area (Å²) in [4.78, 5) is 0. The van der Waals surface area contributed by atoms with Crippen LogP contribution in [0.15, 0.2) is 0 Å². The lowest BCUT2D eigenvalue weighted by atomic mass is 10.0. The van der Waals surface area contributed by atoms with Gasteiger partial charge in [-0.1, -0.05) is 34.6 Å². The van der Waals surface area contributed by atoms with E-state index < -0.39 is 0 Å². The molecule has 1 nitrogen and oxygen atoms in total. The van der Waals surface area contributed by atoms with Crippen LogP contribution >= 0.6 is 0 Å². The summed E-state index contributed by atoms with van der Waals surface area (Å²) in [7, 11) is 0. The van der Waals surface area contributed by atoms with Gasteiger partial charge in [-0.05, 0) is 31.2 Å². The maximum atomic E-state index is 3.60. The Morgan fingerprint density at radius 3 is 1.92 bits per heavy atom. The molecule has 0 aliphatic heterocycles. The van der Waals surface area contributed by atoms with Crippen LogP contribution in [-0.4, -0.2) is 12.6 Å². The van der Waals surface area contributed by atoms with Gasteiger partial charge in [0.05, 0.1) is 0 Å². The fraction of sp³-hybridized carbons (Fsp3) is 1.00. The maximum Gasteiger partial charge on any atom is 0.00669 e. The van der Waals surface area contributed by atoms with E-state index in [1.807, 2.05) is 0 Å². The highest BCUT2D eigenvalue weighted by molar-refractivity contribution is 4.67. The maximum absolute atomic E-state index is 3.60. The van der Waals surface area contributed by atoms with Crippen LogP contribution in [0.5, 0.6) is 0 Å². The first-order valence-corrected chi connectivity index (χ1v) is 5.29. The number of rotatable bonds is 6. The predicted molar refractivity (Wildman–Crippen MR) is 56.4 cm³/mol. The Bertz CT molecular complexity index is 97.2. The molecule has 0 rings (SSSR count). The zero-order valence-electron chi connectivity index (χ0n) is 9.35. The van der Waals surface area contributed by atoms with Crippen LogP contribution in [0.3, 0.4) is 0 Å². The largest absolute Gasteiger partial charge is 0.314 e. The molecule has 1 atom stereocenters. The first-order chi connectivity index (χ1) is 5.56. The van der Waals surface area contributed by atoms with Crippen molar-refractivity contribution in [3.05, 3.63) is 0 Å². The third kappa shape index (κ3) is 6.66. The van der Waals surface area contributed by atoms with Crippen molar-refractivity contribution in [3.8, 4) is 0 Å². The van der Waals surface area contributed by atoms with Gasteiger partial charge in [-0.3, -0.25) is 0 Å². The zero-order valence-corrected chi connectivity index (χ0v) is 9.35. The van der Waals surface area contributed by atoms with E-state index in [0.717, 1.165) is 24.4 Å². The van der Waals surface area contributed by atoms with E-state index >= 15 is 0 Å². The van der Waals surface area contributed by atoms with Gasteiger partial charge in [0.2, 0.25) is 0 Å². The second-order valence-electron chi connectivity index (χ2n) is 4.54. The Morgan fingerprint density at radius 1 is 1.00 bits per heavy atom. The summed E-state index contributed by atoms with van der Waals surface area (Å²) >= 11 is 0. The molecule has 0 aliphatic carbocycles. The normalized spacial score (nSPS) is 14.2. The highest BCUT2D eigenvalue weighted by Gasteiger charge is 2.07. The molecule has 0 aromatic rings. The molecule has 12 heavy (non-hydrogen) atoms. The van der Waals surface area contributed by atoms with Gasteiger partial charge in [-0.25, -0.2) is 0 Å². The van der Waals surface area contributed by atoms with Gasteiger partial charge in [0.1, 0.15) is 0 Å². The highest BCUT2D eigenvalue weighted by atomic mass is 14.9. The van der Waals surface area contributed by atoms with Crippen LogP contribution in [0.4, 0.5) is 0 Å². The molecule has 74 valence electrons. The van der Waals surface area contributed by atoms with Crippen LogP contribution in [-0.2, 0) is 0 Å². The Morgan fingerprint density at radius 2 is 1.58 bits per heavy atom. The summed E-state index contributed by atoms with van der Waals surface area (Å²) in [6.45, 7) is 12.5. The van der Waals surface area contributed by atoms with Crippen molar-refractivity contribution >= 4 is 0 Å². The molecule has 0 aromatic heterocycles. The number of hydrogen-bond donors (Lipinski definition) is 1. The van der Waals surface area contributed by atoms with Crippen molar-refractivity contribution in [3.63, 3.8) is 0 Å². The van der Waals surface area contributed by atoms with Gasteiger partial charge in [0.15, 0.2) is 0 Å². The van der Waals surface area contributed by atoms with Crippen LogP contribution in [0.25, 0.3) is 0 Å². The Kier molecular flexibility index (Phi) is 6.45. The Labute approximate surface area is 77.9 Å². The molecule has 0 fully saturated rings. The molecular formula is C11H25N. The van der Waals surface area contributed by atoms with Gasteiger partial charge in [0, 0.05) is 6.04 Å². The molecule has 0 spiro atoms. The van der Waals surface area contributed by atoms with Gasteiger partial charge in [-0.2, -0.15) is 0 Å².